The highest BCUT2D eigenvalue weighted by Gasteiger charge is 2.26. The molecule has 2 rings (SSSR count). The number of carbonyl (C=O) groups excluding carboxylic acids is 1. The average Bonchev–Trinajstić information content (AvgIpc) is 2.79. The highest BCUT2D eigenvalue weighted by Crippen LogP contribution is 2.24. The van der Waals surface area contributed by atoms with Crippen LogP contribution >= 0.6 is 0 Å². The Labute approximate surface area is 124 Å². The molecule has 0 spiro atoms. The van der Waals surface area contributed by atoms with Crippen molar-refractivity contribution in [2.24, 2.45) is 7.05 Å². The molecule has 0 saturated carbocycles. The highest BCUT2D eigenvalue weighted by molar-refractivity contribution is 5.90. The normalized spacial score (nSPS) is 13.7. The van der Waals surface area contributed by atoms with Crippen molar-refractivity contribution in [2.45, 2.75) is 32.3 Å². The number of nitrogens with zero attached hydrogens (tertiary/aromatic N) is 2. The van der Waals surface area contributed by atoms with Crippen LogP contribution in [0.3, 0.4) is 0 Å². The Morgan fingerprint density at radius 1 is 1.38 bits per heavy atom. The predicted octanol–water partition coefficient (Wildman–Crippen LogP) is 2.22. The quantitative estimate of drug-likeness (QED) is 0.886. The van der Waals surface area contributed by atoms with Crippen molar-refractivity contribution in [1.29, 1.82) is 0 Å². The van der Waals surface area contributed by atoms with E-state index in [4.69, 9.17) is 0 Å². The number of aromatic nitrogens is 2. The summed E-state index contributed by atoms with van der Waals surface area (Å²) in [6, 6.07) is 11.0. The number of benzene rings is 1. The molecule has 1 amide bonds. The van der Waals surface area contributed by atoms with E-state index in [1.807, 2.05) is 43.3 Å². The Bertz CT molecular complexity index is 618. The molecule has 0 aliphatic carbocycles. The summed E-state index contributed by atoms with van der Waals surface area (Å²) < 4.78 is 1.63. The van der Waals surface area contributed by atoms with Crippen molar-refractivity contribution in [2.75, 3.05) is 5.32 Å². The summed E-state index contributed by atoms with van der Waals surface area (Å²) >= 11 is 0. The molecule has 0 aliphatic rings. The van der Waals surface area contributed by atoms with E-state index in [0.717, 1.165) is 17.7 Å². The first-order valence-corrected chi connectivity index (χ1v) is 7.03. The van der Waals surface area contributed by atoms with Crippen LogP contribution in [0.25, 0.3) is 0 Å². The molecule has 0 fully saturated rings. The maximum absolute atomic E-state index is 12.1. The molecular weight excluding hydrogens is 266 g/mol. The topological polar surface area (TPSA) is 67.2 Å². The Balaban J connectivity index is 2.06. The van der Waals surface area contributed by atoms with Gasteiger partial charge in [0.1, 0.15) is 5.82 Å². The summed E-state index contributed by atoms with van der Waals surface area (Å²) in [5, 5.41) is 17.5. The third-order valence-electron chi connectivity index (χ3n) is 3.46. The number of rotatable bonds is 5. The van der Waals surface area contributed by atoms with Gasteiger partial charge in [-0.15, -0.1) is 0 Å². The van der Waals surface area contributed by atoms with E-state index < -0.39 is 5.60 Å². The number of aliphatic hydroxyl groups is 1. The van der Waals surface area contributed by atoms with Gasteiger partial charge in [-0.25, -0.2) is 0 Å². The summed E-state index contributed by atoms with van der Waals surface area (Å²) in [5.74, 6) is 0.398. The number of carbonyl (C=O) groups is 1. The van der Waals surface area contributed by atoms with Crippen LogP contribution in [-0.2, 0) is 23.9 Å². The standard InChI is InChI=1S/C16H21N3O2/c1-4-13-10-14(19(3)18-13)17-15(20)11-16(2,21)12-8-6-5-7-9-12/h5-10,21H,4,11H2,1-3H3,(H,17,20). The number of hydrogen-bond acceptors (Lipinski definition) is 3. The average molecular weight is 287 g/mol. The smallest absolute Gasteiger partial charge is 0.228 e. The molecule has 5 nitrogen and oxygen atoms in total. The zero-order valence-corrected chi connectivity index (χ0v) is 12.6. The molecule has 0 aliphatic heterocycles. The molecule has 5 heteroatoms. The van der Waals surface area contributed by atoms with E-state index in [9.17, 15) is 9.90 Å². The molecule has 112 valence electrons. The van der Waals surface area contributed by atoms with Crippen LogP contribution in [-0.4, -0.2) is 20.8 Å². The van der Waals surface area contributed by atoms with Crippen LogP contribution < -0.4 is 5.32 Å². The van der Waals surface area contributed by atoms with Crippen molar-refractivity contribution < 1.29 is 9.90 Å². The third kappa shape index (κ3) is 3.70. The molecule has 1 aromatic carbocycles. The summed E-state index contributed by atoms with van der Waals surface area (Å²) in [5.41, 5.74) is 0.444. The Hall–Kier alpha value is -2.14. The van der Waals surface area contributed by atoms with E-state index >= 15 is 0 Å². The van der Waals surface area contributed by atoms with Gasteiger partial charge in [-0.1, -0.05) is 37.3 Å². The predicted molar refractivity (Wildman–Crippen MR) is 81.8 cm³/mol. The second kappa shape index (κ2) is 6.10. The fourth-order valence-corrected chi connectivity index (χ4v) is 2.22. The Morgan fingerprint density at radius 2 is 2.05 bits per heavy atom. The van der Waals surface area contributed by atoms with Gasteiger partial charge < -0.3 is 10.4 Å². The maximum atomic E-state index is 12.1. The molecule has 1 heterocycles. The lowest BCUT2D eigenvalue weighted by molar-refractivity contribution is -0.120. The number of nitrogens with one attached hydrogen (secondary N) is 1. The van der Waals surface area contributed by atoms with Crippen LogP contribution in [0, 0.1) is 0 Å². The fourth-order valence-electron chi connectivity index (χ4n) is 2.22. The van der Waals surface area contributed by atoms with Gasteiger partial charge in [-0.05, 0) is 18.9 Å². The van der Waals surface area contributed by atoms with Gasteiger partial charge in [-0.3, -0.25) is 9.48 Å². The van der Waals surface area contributed by atoms with Crippen LogP contribution in [0.2, 0.25) is 0 Å². The van der Waals surface area contributed by atoms with E-state index in [1.54, 1.807) is 18.7 Å². The largest absolute Gasteiger partial charge is 0.385 e. The van der Waals surface area contributed by atoms with Crippen LogP contribution in [0.4, 0.5) is 5.82 Å². The zero-order chi connectivity index (χ0) is 15.5. The van der Waals surface area contributed by atoms with Gasteiger partial charge in [0.2, 0.25) is 5.91 Å². The molecule has 1 unspecified atom stereocenters. The number of hydrogen-bond donors (Lipinski definition) is 2. The molecule has 1 atom stereocenters. The van der Waals surface area contributed by atoms with Gasteiger partial charge in [0.15, 0.2) is 0 Å². The molecule has 2 N–H and O–H groups in total. The molecular formula is C16H21N3O2. The summed E-state index contributed by atoms with van der Waals surface area (Å²) in [7, 11) is 1.78. The van der Waals surface area contributed by atoms with Crippen LogP contribution in [0.5, 0.6) is 0 Å². The molecule has 1 aromatic heterocycles. The number of aryl methyl sites for hydroxylation is 2. The van der Waals surface area contributed by atoms with Gasteiger partial charge in [0, 0.05) is 13.1 Å². The van der Waals surface area contributed by atoms with Gasteiger partial charge in [-0.2, -0.15) is 5.10 Å². The lowest BCUT2D eigenvalue weighted by Gasteiger charge is -2.23. The first-order chi connectivity index (χ1) is 9.92. The minimum atomic E-state index is -1.20. The molecule has 0 saturated heterocycles. The Kier molecular flexibility index (Phi) is 4.43. The van der Waals surface area contributed by atoms with E-state index in [1.165, 1.54) is 0 Å². The second-order valence-electron chi connectivity index (χ2n) is 5.36. The maximum Gasteiger partial charge on any atom is 0.228 e. The van der Waals surface area contributed by atoms with Crippen molar-refractivity contribution in [3.63, 3.8) is 0 Å². The minimum absolute atomic E-state index is 0.0103. The van der Waals surface area contributed by atoms with Crippen molar-refractivity contribution in [1.82, 2.24) is 9.78 Å². The van der Waals surface area contributed by atoms with Crippen molar-refractivity contribution in [3.05, 3.63) is 47.7 Å². The van der Waals surface area contributed by atoms with Crippen molar-refractivity contribution >= 4 is 11.7 Å². The highest BCUT2D eigenvalue weighted by atomic mass is 16.3. The third-order valence-corrected chi connectivity index (χ3v) is 3.46. The molecule has 0 radical (unpaired) electrons. The van der Waals surface area contributed by atoms with Crippen LogP contribution in [0.1, 0.15) is 31.5 Å². The number of amides is 1. The van der Waals surface area contributed by atoms with Crippen LogP contribution in [0.15, 0.2) is 36.4 Å². The second-order valence-corrected chi connectivity index (χ2v) is 5.36. The van der Waals surface area contributed by atoms with E-state index in [0.29, 0.717) is 5.82 Å². The molecule has 0 bridgehead atoms. The van der Waals surface area contributed by atoms with E-state index in [2.05, 4.69) is 10.4 Å². The first kappa shape index (κ1) is 15.3. The summed E-state index contributed by atoms with van der Waals surface area (Å²) in [4.78, 5) is 12.1. The van der Waals surface area contributed by atoms with Gasteiger partial charge in [0.25, 0.3) is 0 Å². The molecule has 21 heavy (non-hydrogen) atoms. The lowest BCUT2D eigenvalue weighted by atomic mass is 9.92. The first-order valence-electron chi connectivity index (χ1n) is 7.03. The number of anilines is 1. The van der Waals surface area contributed by atoms with E-state index in [-0.39, 0.29) is 12.3 Å². The SMILES string of the molecule is CCc1cc(NC(=O)CC(C)(O)c2ccccc2)n(C)n1. The lowest BCUT2D eigenvalue weighted by Crippen LogP contribution is -2.28. The zero-order valence-electron chi connectivity index (χ0n) is 12.6. The van der Waals surface area contributed by atoms with Gasteiger partial charge >= 0.3 is 0 Å². The van der Waals surface area contributed by atoms with Gasteiger partial charge in [0.05, 0.1) is 17.7 Å². The monoisotopic (exact) mass is 287 g/mol. The van der Waals surface area contributed by atoms with Crippen molar-refractivity contribution in [3.8, 4) is 0 Å². The Morgan fingerprint density at radius 3 is 2.62 bits per heavy atom. The summed E-state index contributed by atoms with van der Waals surface area (Å²) in [6.45, 7) is 3.65. The fraction of sp³-hybridized carbons (Fsp3) is 0.375. The summed E-state index contributed by atoms with van der Waals surface area (Å²) in [6.07, 6.45) is 0.801. The molecule has 2 aromatic rings. The minimum Gasteiger partial charge on any atom is -0.385 e.